The fourth-order valence-corrected chi connectivity index (χ4v) is 4.14. The van der Waals surface area contributed by atoms with Crippen LogP contribution < -0.4 is 10.0 Å². The van der Waals surface area contributed by atoms with E-state index in [1.807, 2.05) is 25.1 Å². The summed E-state index contributed by atoms with van der Waals surface area (Å²) >= 11 is 0. The van der Waals surface area contributed by atoms with E-state index in [0.29, 0.717) is 12.5 Å². The van der Waals surface area contributed by atoms with E-state index in [0.717, 1.165) is 33.3 Å². The molecule has 2 aromatic carbocycles. The van der Waals surface area contributed by atoms with E-state index in [1.54, 1.807) is 0 Å². The fourth-order valence-electron chi connectivity index (χ4n) is 2.95. The van der Waals surface area contributed by atoms with Crippen LogP contribution in [0.1, 0.15) is 52.0 Å². The zero-order chi connectivity index (χ0) is 18.7. The van der Waals surface area contributed by atoms with Crippen molar-refractivity contribution in [2.24, 2.45) is 5.92 Å². The number of rotatable bonds is 6. The summed E-state index contributed by atoms with van der Waals surface area (Å²) in [6.07, 6.45) is 0. The van der Waals surface area contributed by atoms with Gasteiger partial charge in [-0.25, -0.2) is 0 Å². The predicted molar refractivity (Wildman–Crippen MR) is 115 cm³/mol. The third-order valence-corrected chi connectivity index (χ3v) is 5.92. The summed E-state index contributed by atoms with van der Waals surface area (Å²) in [5, 5.41) is 1.10. The Morgan fingerprint density at radius 2 is 1.62 bits per heavy atom. The second-order valence-corrected chi connectivity index (χ2v) is 8.51. The second kappa shape index (κ2) is 9.75. The quantitative estimate of drug-likeness (QED) is 0.532. The smallest absolute Gasteiger partial charge is 0.186 e. The Hall–Kier alpha value is -1.06. The van der Waals surface area contributed by atoms with E-state index in [4.69, 9.17) is 4.74 Å². The molecule has 2 rings (SSSR count). The standard InChI is InChI=1S/C22H29O2P.Li/c1-13(2)12-24-19-8-9-20(15(4)11-19)25-22(23)21-16(5)10-14(3)17(6)18(21)7;/h8-11,13,25H,12H2,1-7H3;. The van der Waals surface area contributed by atoms with Gasteiger partial charge in [-0.05, 0) is 94.4 Å². The van der Waals surface area contributed by atoms with Crippen molar-refractivity contribution >= 4 is 38.3 Å². The molecule has 0 aromatic heterocycles. The normalized spacial score (nSPS) is 11.1. The number of carbonyl (C=O) groups is 1. The van der Waals surface area contributed by atoms with Crippen LogP contribution >= 0.6 is 8.58 Å². The van der Waals surface area contributed by atoms with E-state index in [9.17, 15) is 4.79 Å². The van der Waals surface area contributed by atoms with Crippen molar-refractivity contribution in [3.63, 3.8) is 0 Å². The Morgan fingerprint density at radius 1 is 0.962 bits per heavy atom. The van der Waals surface area contributed by atoms with E-state index >= 15 is 0 Å². The van der Waals surface area contributed by atoms with Crippen molar-refractivity contribution in [3.05, 3.63) is 57.6 Å². The second-order valence-electron chi connectivity index (χ2n) is 7.27. The SMILES string of the molecule is Cc1cc(OCC(C)C)ccc1PC(=O)c1c(C)cc(C)c(C)c1C.[Li]. The Kier molecular flexibility index (Phi) is 8.62. The van der Waals surface area contributed by atoms with Crippen LogP contribution in [0.5, 0.6) is 5.75 Å². The first kappa shape index (κ1) is 23.0. The third-order valence-electron chi connectivity index (χ3n) is 4.61. The van der Waals surface area contributed by atoms with Gasteiger partial charge in [-0.3, -0.25) is 4.79 Å². The Labute approximate surface area is 172 Å². The zero-order valence-electron chi connectivity index (χ0n) is 17.4. The van der Waals surface area contributed by atoms with E-state index in [-0.39, 0.29) is 33.0 Å². The monoisotopic (exact) mass is 363 g/mol. The summed E-state index contributed by atoms with van der Waals surface area (Å²) in [7, 11) is 0.140. The first-order chi connectivity index (χ1) is 11.7. The van der Waals surface area contributed by atoms with Crippen molar-refractivity contribution in [2.75, 3.05) is 6.61 Å². The Balaban J connectivity index is 0.00000338. The van der Waals surface area contributed by atoms with E-state index in [1.165, 1.54) is 11.1 Å². The topological polar surface area (TPSA) is 26.3 Å². The van der Waals surface area contributed by atoms with Gasteiger partial charge in [-0.1, -0.05) is 26.0 Å². The summed E-state index contributed by atoms with van der Waals surface area (Å²) in [6, 6.07) is 8.17. The number of benzene rings is 2. The molecule has 0 bridgehead atoms. The van der Waals surface area contributed by atoms with Crippen molar-refractivity contribution in [3.8, 4) is 5.75 Å². The number of hydrogen-bond donors (Lipinski definition) is 0. The molecule has 135 valence electrons. The van der Waals surface area contributed by atoms with Gasteiger partial charge in [0.05, 0.1) is 6.61 Å². The predicted octanol–water partition coefficient (Wildman–Crippen LogP) is 5.03. The van der Waals surface area contributed by atoms with Crippen molar-refractivity contribution in [2.45, 2.75) is 48.5 Å². The van der Waals surface area contributed by atoms with Crippen LogP contribution in [-0.2, 0) is 0 Å². The largest absolute Gasteiger partial charge is 0.493 e. The number of carbonyl (C=O) groups excluding carboxylic acids is 1. The molecular weight excluding hydrogens is 334 g/mol. The van der Waals surface area contributed by atoms with Gasteiger partial charge in [0.25, 0.3) is 0 Å². The molecule has 0 saturated heterocycles. The molecule has 0 spiro atoms. The molecule has 0 aliphatic rings. The molecule has 0 aliphatic carbocycles. The summed E-state index contributed by atoms with van der Waals surface area (Å²) in [4.78, 5) is 13.0. The minimum absolute atomic E-state index is 0. The Bertz CT molecular complexity index is 797. The van der Waals surface area contributed by atoms with Crippen LogP contribution in [0.2, 0.25) is 0 Å². The molecule has 0 amide bonds. The zero-order valence-corrected chi connectivity index (χ0v) is 18.4. The number of ether oxygens (including phenoxy) is 1. The van der Waals surface area contributed by atoms with Crippen LogP contribution in [0.25, 0.3) is 0 Å². The van der Waals surface area contributed by atoms with Gasteiger partial charge >= 0.3 is 0 Å². The number of aryl methyl sites for hydroxylation is 3. The first-order valence-corrected chi connectivity index (χ1v) is 9.83. The molecule has 0 N–H and O–H groups in total. The molecule has 0 aliphatic heterocycles. The van der Waals surface area contributed by atoms with Crippen LogP contribution in [0.15, 0.2) is 24.3 Å². The molecule has 1 atom stereocenters. The van der Waals surface area contributed by atoms with Gasteiger partial charge in [-0.15, -0.1) is 0 Å². The van der Waals surface area contributed by atoms with Gasteiger partial charge in [0.2, 0.25) is 0 Å². The maximum absolute atomic E-state index is 13.0. The molecule has 0 heterocycles. The minimum atomic E-state index is 0. The fraction of sp³-hybridized carbons (Fsp3) is 0.409. The van der Waals surface area contributed by atoms with Crippen LogP contribution in [0.3, 0.4) is 0 Å². The minimum Gasteiger partial charge on any atom is -0.493 e. The average molecular weight is 363 g/mol. The van der Waals surface area contributed by atoms with Gasteiger partial charge in [0.15, 0.2) is 5.52 Å². The van der Waals surface area contributed by atoms with Crippen LogP contribution in [-0.4, -0.2) is 31.0 Å². The Morgan fingerprint density at radius 3 is 2.19 bits per heavy atom. The first-order valence-electron chi connectivity index (χ1n) is 8.83. The summed E-state index contributed by atoms with van der Waals surface area (Å²) in [6.45, 7) is 15.3. The molecule has 0 saturated carbocycles. The average Bonchev–Trinajstić information content (AvgIpc) is 2.53. The van der Waals surface area contributed by atoms with Crippen molar-refractivity contribution in [1.29, 1.82) is 0 Å². The van der Waals surface area contributed by atoms with Gasteiger partial charge in [0, 0.05) is 24.4 Å². The van der Waals surface area contributed by atoms with Crippen LogP contribution in [0, 0.1) is 40.5 Å². The molecule has 2 aromatic rings. The molecule has 4 heteroatoms. The molecular formula is C22H29LiO2P. The molecule has 1 unspecified atom stereocenters. The summed E-state index contributed by atoms with van der Waals surface area (Å²) in [5.74, 6) is 1.38. The molecule has 2 nitrogen and oxygen atoms in total. The van der Waals surface area contributed by atoms with Gasteiger partial charge < -0.3 is 4.74 Å². The van der Waals surface area contributed by atoms with Crippen molar-refractivity contribution < 1.29 is 9.53 Å². The van der Waals surface area contributed by atoms with E-state index < -0.39 is 0 Å². The molecule has 26 heavy (non-hydrogen) atoms. The maximum Gasteiger partial charge on any atom is 0.186 e. The van der Waals surface area contributed by atoms with Gasteiger partial charge in [-0.2, -0.15) is 0 Å². The molecule has 1 radical (unpaired) electrons. The van der Waals surface area contributed by atoms with E-state index in [2.05, 4.69) is 47.6 Å². The summed E-state index contributed by atoms with van der Waals surface area (Å²) in [5.41, 5.74) is 6.88. The third kappa shape index (κ3) is 5.47. The van der Waals surface area contributed by atoms with Crippen molar-refractivity contribution in [1.82, 2.24) is 0 Å². The van der Waals surface area contributed by atoms with Crippen LogP contribution in [0.4, 0.5) is 0 Å². The summed E-state index contributed by atoms with van der Waals surface area (Å²) < 4.78 is 5.78. The molecule has 0 fully saturated rings. The maximum atomic E-state index is 13.0. The van der Waals surface area contributed by atoms with Gasteiger partial charge in [0.1, 0.15) is 5.75 Å². The number of hydrogen-bond acceptors (Lipinski definition) is 2.